The van der Waals surface area contributed by atoms with Crippen LogP contribution in [0.15, 0.2) is 43.1 Å². The minimum atomic E-state index is -1.64. The molecule has 0 radical (unpaired) electrons. The second-order valence-electron chi connectivity index (χ2n) is 11.4. The van der Waals surface area contributed by atoms with E-state index >= 15 is 0 Å². The van der Waals surface area contributed by atoms with Gasteiger partial charge in [0.1, 0.15) is 46.8 Å². The monoisotopic (exact) mass is 720 g/mol. The number of benzene rings is 1. The van der Waals surface area contributed by atoms with E-state index < -0.39 is 76.6 Å². The van der Waals surface area contributed by atoms with Gasteiger partial charge >= 0.3 is 11.9 Å². The van der Waals surface area contributed by atoms with Crippen LogP contribution in [0, 0.1) is 17.5 Å². The van der Waals surface area contributed by atoms with Gasteiger partial charge in [-0.2, -0.15) is 0 Å². The minimum absolute atomic E-state index is 0.0351. The molecule has 2 aliphatic heterocycles. The molecule has 16 nitrogen and oxygen atoms in total. The number of esters is 2. The molecule has 6 rings (SSSR count). The summed E-state index contributed by atoms with van der Waals surface area (Å²) in [5, 5.41) is 27.4. The van der Waals surface area contributed by atoms with Crippen molar-refractivity contribution in [1.29, 1.82) is 0 Å². The maximum atomic E-state index is 14.1. The Bertz CT molecular complexity index is 1800. The fourth-order valence-electron chi connectivity index (χ4n) is 5.83. The molecule has 3 aromatic heterocycles. The molecule has 0 unspecified atom stereocenters. The standard InChI is InChI=1S/C30H31F3N8O8S/c1-14(42)48-28-22(8-24(43)45-2)49-30(29(46-3)26(28)41-10-19(36-39-41)15-6-16(31)25(33)17(32)7-15)50-23-13-47-12-21(27(23)44)40-11-20(37-38-40)18-9-34-4-5-35-18/h4-7,9-11,21-23,26-30,44H,8,12-13H2,1-3H3/t21-,22+,23+,26-,27+,28-,29+,30-/m0/s1. The lowest BCUT2D eigenvalue weighted by molar-refractivity contribution is -0.203. The van der Waals surface area contributed by atoms with Gasteiger partial charge in [0.15, 0.2) is 23.6 Å². The highest BCUT2D eigenvalue weighted by Crippen LogP contribution is 2.43. The van der Waals surface area contributed by atoms with Crippen molar-refractivity contribution in [2.45, 2.75) is 60.5 Å². The lowest BCUT2D eigenvalue weighted by Crippen LogP contribution is -2.57. The number of carbonyl (C=O) groups is 2. The first-order chi connectivity index (χ1) is 24.1. The number of hydrogen-bond acceptors (Lipinski definition) is 15. The highest BCUT2D eigenvalue weighted by molar-refractivity contribution is 8.00. The van der Waals surface area contributed by atoms with E-state index in [4.69, 9.17) is 23.7 Å². The highest BCUT2D eigenvalue weighted by Gasteiger charge is 2.52. The van der Waals surface area contributed by atoms with Crippen LogP contribution in [0.3, 0.4) is 0 Å². The van der Waals surface area contributed by atoms with Crippen LogP contribution in [0.2, 0.25) is 0 Å². The van der Waals surface area contributed by atoms with Crippen molar-refractivity contribution in [2.75, 3.05) is 27.4 Å². The molecule has 4 aromatic rings. The number of nitrogens with zero attached hydrogens (tertiary/aromatic N) is 8. The molecule has 5 heterocycles. The Labute approximate surface area is 286 Å². The van der Waals surface area contributed by atoms with Crippen LogP contribution in [0.4, 0.5) is 13.2 Å². The fraction of sp³-hybridized carbons (Fsp3) is 0.467. The summed E-state index contributed by atoms with van der Waals surface area (Å²) in [5.74, 6) is -5.88. The van der Waals surface area contributed by atoms with E-state index in [9.17, 15) is 27.9 Å². The molecule has 1 aromatic carbocycles. The van der Waals surface area contributed by atoms with Crippen molar-refractivity contribution in [1.82, 2.24) is 40.0 Å². The van der Waals surface area contributed by atoms with Crippen LogP contribution in [0.25, 0.3) is 22.6 Å². The minimum Gasteiger partial charge on any atom is -0.469 e. The predicted octanol–water partition coefficient (Wildman–Crippen LogP) is 1.92. The number of hydrogen-bond donors (Lipinski definition) is 1. The maximum absolute atomic E-state index is 14.1. The van der Waals surface area contributed by atoms with Gasteiger partial charge in [0, 0.05) is 32.0 Å². The van der Waals surface area contributed by atoms with Crippen LogP contribution >= 0.6 is 11.8 Å². The molecule has 266 valence electrons. The molecule has 2 fully saturated rings. The third-order valence-electron chi connectivity index (χ3n) is 8.21. The van der Waals surface area contributed by atoms with E-state index in [2.05, 4.69) is 30.6 Å². The molecule has 8 atom stereocenters. The van der Waals surface area contributed by atoms with Crippen molar-refractivity contribution in [3.8, 4) is 22.6 Å². The molecule has 20 heteroatoms. The first-order valence-corrected chi connectivity index (χ1v) is 16.1. The maximum Gasteiger partial charge on any atom is 0.308 e. The lowest BCUT2D eigenvalue weighted by atomic mass is 9.94. The summed E-state index contributed by atoms with van der Waals surface area (Å²) in [6, 6.07) is -0.171. The molecule has 0 spiro atoms. The Balaban J connectivity index is 1.31. The Hall–Kier alpha value is -4.50. The SMILES string of the molecule is COC(=O)C[C@H]1O[C@@H](S[C@@H]2COC[C@H](n3cc(-c4cnccn4)nn3)[C@H]2O)[C@H](OC)[C@@H](n2cc(-c3cc(F)c(F)c(F)c3)nn2)[C@H]1OC(C)=O. The number of carbonyl (C=O) groups excluding carboxylic acids is 2. The third kappa shape index (κ3) is 7.33. The Morgan fingerprint density at radius 2 is 1.72 bits per heavy atom. The topological polar surface area (TPSA) is 188 Å². The van der Waals surface area contributed by atoms with E-state index in [1.165, 1.54) is 55.3 Å². The zero-order valence-corrected chi connectivity index (χ0v) is 27.5. The van der Waals surface area contributed by atoms with Gasteiger partial charge in [0.05, 0.1) is 56.7 Å². The van der Waals surface area contributed by atoms with Gasteiger partial charge in [0.25, 0.3) is 0 Å². The van der Waals surface area contributed by atoms with E-state index in [0.29, 0.717) is 11.4 Å². The fourth-order valence-corrected chi connectivity index (χ4v) is 7.32. The number of methoxy groups -OCH3 is 2. The molecular weight excluding hydrogens is 689 g/mol. The number of ether oxygens (including phenoxy) is 5. The smallest absolute Gasteiger partial charge is 0.308 e. The van der Waals surface area contributed by atoms with Crippen molar-refractivity contribution < 1.29 is 51.6 Å². The third-order valence-corrected chi connectivity index (χ3v) is 9.62. The molecule has 2 saturated heterocycles. The van der Waals surface area contributed by atoms with Gasteiger partial charge in [-0.15, -0.1) is 22.0 Å². The average Bonchev–Trinajstić information content (AvgIpc) is 3.80. The largest absolute Gasteiger partial charge is 0.469 e. The number of halogens is 3. The van der Waals surface area contributed by atoms with Crippen molar-refractivity contribution >= 4 is 23.7 Å². The number of rotatable bonds is 10. The normalized spacial score (nSPS) is 26.8. The van der Waals surface area contributed by atoms with Gasteiger partial charge < -0.3 is 28.8 Å². The van der Waals surface area contributed by atoms with Crippen molar-refractivity contribution in [3.63, 3.8) is 0 Å². The van der Waals surface area contributed by atoms with Crippen molar-refractivity contribution in [3.05, 3.63) is 60.6 Å². The van der Waals surface area contributed by atoms with Crippen LogP contribution in [-0.2, 0) is 33.3 Å². The van der Waals surface area contributed by atoms with Gasteiger partial charge in [-0.3, -0.25) is 19.6 Å². The number of thioether (sulfide) groups is 1. The molecular formula is C30H31F3N8O8S. The van der Waals surface area contributed by atoms with Gasteiger partial charge in [-0.1, -0.05) is 10.4 Å². The Morgan fingerprint density at radius 1 is 1.00 bits per heavy atom. The first kappa shape index (κ1) is 35.3. The van der Waals surface area contributed by atoms with Crippen LogP contribution in [-0.4, -0.2) is 120 Å². The van der Waals surface area contributed by atoms with Gasteiger partial charge in [-0.25, -0.2) is 22.5 Å². The summed E-state index contributed by atoms with van der Waals surface area (Å²) in [4.78, 5) is 33.2. The second-order valence-corrected chi connectivity index (χ2v) is 12.7. The summed E-state index contributed by atoms with van der Waals surface area (Å²) in [6.45, 7) is 1.38. The zero-order valence-electron chi connectivity index (χ0n) is 26.7. The lowest BCUT2D eigenvalue weighted by Gasteiger charge is -2.46. The second kappa shape index (κ2) is 15.2. The van der Waals surface area contributed by atoms with Crippen LogP contribution < -0.4 is 0 Å². The molecule has 0 amide bonds. The van der Waals surface area contributed by atoms with Crippen LogP contribution in [0.5, 0.6) is 0 Å². The zero-order chi connectivity index (χ0) is 35.5. The molecule has 1 N–H and O–H groups in total. The molecule has 50 heavy (non-hydrogen) atoms. The highest BCUT2D eigenvalue weighted by atomic mass is 32.2. The predicted molar refractivity (Wildman–Crippen MR) is 164 cm³/mol. The summed E-state index contributed by atoms with van der Waals surface area (Å²) in [5.41, 5.74) is -0.164. The van der Waals surface area contributed by atoms with Gasteiger partial charge in [-0.05, 0) is 12.1 Å². The summed E-state index contributed by atoms with van der Waals surface area (Å²) >= 11 is 1.15. The van der Waals surface area contributed by atoms with E-state index in [0.717, 1.165) is 23.9 Å². The Morgan fingerprint density at radius 3 is 2.40 bits per heavy atom. The summed E-state index contributed by atoms with van der Waals surface area (Å²) in [7, 11) is 2.57. The average molecular weight is 721 g/mol. The van der Waals surface area contributed by atoms with Crippen molar-refractivity contribution in [2.24, 2.45) is 0 Å². The van der Waals surface area contributed by atoms with E-state index in [1.807, 2.05) is 0 Å². The number of aromatic nitrogens is 8. The molecule has 0 bridgehead atoms. The summed E-state index contributed by atoms with van der Waals surface area (Å²) < 4.78 is 73.2. The molecule has 2 aliphatic rings. The van der Waals surface area contributed by atoms with Gasteiger partial charge in [0.2, 0.25) is 0 Å². The first-order valence-electron chi connectivity index (χ1n) is 15.2. The van der Waals surface area contributed by atoms with E-state index in [-0.39, 0.29) is 30.9 Å². The van der Waals surface area contributed by atoms with Crippen LogP contribution in [0.1, 0.15) is 25.4 Å². The molecule has 0 aliphatic carbocycles. The number of aliphatic hydroxyl groups is 1. The van der Waals surface area contributed by atoms with E-state index in [1.54, 1.807) is 6.20 Å². The number of aliphatic hydroxyl groups excluding tert-OH is 1. The Kier molecular flexibility index (Phi) is 10.7. The summed E-state index contributed by atoms with van der Waals surface area (Å²) in [6.07, 6.45) is 2.80. The quantitative estimate of drug-likeness (QED) is 0.185. The molecule has 0 saturated carbocycles.